The van der Waals surface area contributed by atoms with Crippen LogP contribution < -0.4 is 0 Å². The summed E-state index contributed by atoms with van der Waals surface area (Å²) in [6.45, 7) is 2.04. The van der Waals surface area contributed by atoms with Gasteiger partial charge >= 0.3 is 0 Å². The van der Waals surface area contributed by atoms with Crippen molar-refractivity contribution in [2.45, 2.75) is 6.92 Å². The number of hydrogen-bond acceptors (Lipinski definition) is 2. The molecule has 1 nitrogen and oxygen atoms in total. The third-order valence-electron chi connectivity index (χ3n) is 2.15. The number of aldehydes is 1. The van der Waals surface area contributed by atoms with E-state index in [2.05, 4.69) is 0 Å². The van der Waals surface area contributed by atoms with Crippen LogP contribution in [0.15, 0.2) is 30.3 Å². The standard InChI is InChI=1S/C12H9ClOS/c1-8-2-5-12(15-8)11-6-10(13)4-3-9(11)7-14/h2-7H,1H3. The van der Waals surface area contributed by atoms with Gasteiger partial charge in [-0.15, -0.1) is 11.3 Å². The zero-order valence-electron chi connectivity index (χ0n) is 8.16. The van der Waals surface area contributed by atoms with E-state index >= 15 is 0 Å². The van der Waals surface area contributed by atoms with Crippen LogP contribution in [0.2, 0.25) is 5.02 Å². The highest BCUT2D eigenvalue weighted by Gasteiger charge is 2.07. The van der Waals surface area contributed by atoms with E-state index in [-0.39, 0.29) is 0 Å². The fourth-order valence-corrected chi connectivity index (χ4v) is 2.50. The largest absolute Gasteiger partial charge is 0.298 e. The van der Waals surface area contributed by atoms with Crippen molar-refractivity contribution in [1.82, 2.24) is 0 Å². The number of halogens is 1. The molecule has 0 saturated heterocycles. The minimum absolute atomic E-state index is 0.654. The summed E-state index contributed by atoms with van der Waals surface area (Å²) in [4.78, 5) is 13.2. The highest BCUT2D eigenvalue weighted by atomic mass is 35.5. The Bertz CT molecular complexity index is 502. The van der Waals surface area contributed by atoms with E-state index in [1.807, 2.05) is 25.1 Å². The van der Waals surface area contributed by atoms with E-state index in [9.17, 15) is 4.79 Å². The molecule has 0 aliphatic carbocycles. The van der Waals surface area contributed by atoms with E-state index < -0.39 is 0 Å². The Balaban J connectivity index is 2.59. The third kappa shape index (κ3) is 2.11. The second-order valence-electron chi connectivity index (χ2n) is 3.26. The molecule has 2 aromatic rings. The highest BCUT2D eigenvalue weighted by molar-refractivity contribution is 7.15. The monoisotopic (exact) mass is 236 g/mol. The third-order valence-corrected chi connectivity index (χ3v) is 3.42. The average molecular weight is 237 g/mol. The molecule has 0 saturated carbocycles. The first-order valence-electron chi connectivity index (χ1n) is 4.52. The van der Waals surface area contributed by atoms with Gasteiger partial charge in [-0.05, 0) is 37.3 Å². The Morgan fingerprint density at radius 2 is 2.07 bits per heavy atom. The average Bonchev–Trinajstić information content (AvgIpc) is 2.65. The molecule has 76 valence electrons. The Morgan fingerprint density at radius 1 is 1.27 bits per heavy atom. The molecule has 0 unspecified atom stereocenters. The lowest BCUT2D eigenvalue weighted by Gasteiger charge is -2.02. The van der Waals surface area contributed by atoms with Gasteiger partial charge in [0, 0.05) is 25.9 Å². The Labute approximate surface area is 97.3 Å². The van der Waals surface area contributed by atoms with Crippen LogP contribution in [0.4, 0.5) is 0 Å². The van der Waals surface area contributed by atoms with E-state index in [0.29, 0.717) is 10.6 Å². The summed E-state index contributed by atoms with van der Waals surface area (Å²) in [5.41, 5.74) is 1.59. The van der Waals surface area contributed by atoms with Gasteiger partial charge in [0.1, 0.15) is 0 Å². The van der Waals surface area contributed by atoms with Gasteiger partial charge in [-0.1, -0.05) is 11.6 Å². The summed E-state index contributed by atoms with van der Waals surface area (Å²) in [5.74, 6) is 0. The minimum atomic E-state index is 0.654. The molecule has 0 amide bonds. The maximum Gasteiger partial charge on any atom is 0.150 e. The summed E-state index contributed by atoms with van der Waals surface area (Å²) < 4.78 is 0. The molecule has 0 fully saturated rings. The van der Waals surface area contributed by atoms with E-state index in [4.69, 9.17) is 11.6 Å². The first kappa shape index (κ1) is 10.4. The van der Waals surface area contributed by atoms with Crippen molar-refractivity contribution in [2.75, 3.05) is 0 Å². The van der Waals surface area contributed by atoms with Gasteiger partial charge < -0.3 is 0 Å². The molecular weight excluding hydrogens is 228 g/mol. The molecule has 0 bridgehead atoms. The number of carbonyl (C=O) groups is 1. The second-order valence-corrected chi connectivity index (χ2v) is 4.98. The van der Waals surface area contributed by atoms with E-state index in [0.717, 1.165) is 16.7 Å². The van der Waals surface area contributed by atoms with Gasteiger partial charge in [0.05, 0.1) is 0 Å². The van der Waals surface area contributed by atoms with Gasteiger partial charge in [-0.3, -0.25) is 4.79 Å². The predicted octanol–water partition coefficient (Wildman–Crippen LogP) is 4.19. The minimum Gasteiger partial charge on any atom is -0.298 e. The van der Waals surface area contributed by atoms with Gasteiger partial charge in [0.15, 0.2) is 6.29 Å². The second kappa shape index (κ2) is 4.17. The lowest BCUT2D eigenvalue weighted by Crippen LogP contribution is -1.84. The van der Waals surface area contributed by atoms with E-state index in [1.165, 1.54) is 4.88 Å². The molecule has 0 aliphatic rings. The topological polar surface area (TPSA) is 17.1 Å². The molecular formula is C12H9ClOS. The maximum absolute atomic E-state index is 10.9. The summed E-state index contributed by atoms with van der Waals surface area (Å²) in [6, 6.07) is 9.36. The van der Waals surface area contributed by atoms with Crippen LogP contribution in [-0.4, -0.2) is 6.29 Å². The number of aryl methyl sites for hydroxylation is 1. The Kier molecular flexibility index (Phi) is 2.89. The number of benzene rings is 1. The molecule has 1 aromatic heterocycles. The molecule has 1 aromatic carbocycles. The van der Waals surface area contributed by atoms with Gasteiger partial charge in [-0.25, -0.2) is 0 Å². The molecule has 0 atom stereocenters. The number of hydrogen-bond donors (Lipinski definition) is 0. The van der Waals surface area contributed by atoms with Crippen molar-refractivity contribution >= 4 is 29.2 Å². The molecule has 0 radical (unpaired) electrons. The predicted molar refractivity (Wildman–Crippen MR) is 64.9 cm³/mol. The zero-order valence-corrected chi connectivity index (χ0v) is 9.73. The molecule has 0 spiro atoms. The summed E-state index contributed by atoms with van der Waals surface area (Å²) in [5, 5.41) is 0.654. The summed E-state index contributed by atoms with van der Waals surface area (Å²) in [6.07, 6.45) is 0.862. The van der Waals surface area contributed by atoms with Crippen molar-refractivity contribution in [3.63, 3.8) is 0 Å². The SMILES string of the molecule is Cc1ccc(-c2cc(Cl)ccc2C=O)s1. The first-order valence-corrected chi connectivity index (χ1v) is 5.71. The maximum atomic E-state index is 10.9. The summed E-state index contributed by atoms with van der Waals surface area (Å²) in [7, 11) is 0. The normalized spacial score (nSPS) is 10.3. The van der Waals surface area contributed by atoms with Crippen molar-refractivity contribution in [1.29, 1.82) is 0 Å². The van der Waals surface area contributed by atoms with Gasteiger partial charge in [0.2, 0.25) is 0 Å². The van der Waals surface area contributed by atoms with Crippen molar-refractivity contribution in [3.05, 3.63) is 45.8 Å². The van der Waals surface area contributed by atoms with Crippen LogP contribution in [0.3, 0.4) is 0 Å². The highest BCUT2D eigenvalue weighted by Crippen LogP contribution is 2.31. The summed E-state index contributed by atoms with van der Waals surface area (Å²) >= 11 is 7.58. The number of thiophene rings is 1. The van der Waals surface area contributed by atoms with Crippen LogP contribution in [0.5, 0.6) is 0 Å². The van der Waals surface area contributed by atoms with Crippen LogP contribution in [-0.2, 0) is 0 Å². The fourth-order valence-electron chi connectivity index (χ4n) is 1.42. The molecule has 1 heterocycles. The lowest BCUT2D eigenvalue weighted by atomic mass is 10.1. The zero-order chi connectivity index (χ0) is 10.8. The number of rotatable bonds is 2. The first-order chi connectivity index (χ1) is 7.20. The molecule has 2 rings (SSSR count). The van der Waals surface area contributed by atoms with Gasteiger partial charge in [0.25, 0.3) is 0 Å². The fraction of sp³-hybridized carbons (Fsp3) is 0.0833. The van der Waals surface area contributed by atoms with Crippen LogP contribution >= 0.6 is 22.9 Å². The molecule has 0 N–H and O–H groups in total. The van der Waals surface area contributed by atoms with Crippen LogP contribution in [0.25, 0.3) is 10.4 Å². The smallest absolute Gasteiger partial charge is 0.150 e. The molecule has 15 heavy (non-hydrogen) atoms. The van der Waals surface area contributed by atoms with Crippen molar-refractivity contribution in [2.24, 2.45) is 0 Å². The van der Waals surface area contributed by atoms with Crippen molar-refractivity contribution < 1.29 is 4.79 Å². The molecule has 3 heteroatoms. The Morgan fingerprint density at radius 3 is 2.67 bits per heavy atom. The van der Waals surface area contributed by atoms with E-state index in [1.54, 1.807) is 23.5 Å². The quantitative estimate of drug-likeness (QED) is 0.715. The lowest BCUT2D eigenvalue weighted by molar-refractivity contribution is 0.112. The van der Waals surface area contributed by atoms with Crippen LogP contribution in [0, 0.1) is 6.92 Å². The molecule has 0 aliphatic heterocycles. The van der Waals surface area contributed by atoms with Gasteiger partial charge in [-0.2, -0.15) is 0 Å². The van der Waals surface area contributed by atoms with Crippen molar-refractivity contribution in [3.8, 4) is 10.4 Å². The Hall–Kier alpha value is -1.12. The van der Waals surface area contributed by atoms with Crippen LogP contribution in [0.1, 0.15) is 15.2 Å². The number of carbonyl (C=O) groups excluding carboxylic acids is 1.